The number of nitrogens with zero attached hydrogens (tertiary/aromatic N) is 1. The maximum Gasteiger partial charge on any atom is 0.309 e. The molecule has 0 bridgehead atoms. The van der Waals surface area contributed by atoms with E-state index < -0.39 is 11.8 Å². The fraction of sp³-hybridized carbons (Fsp3) is 0.368. The van der Waals surface area contributed by atoms with E-state index in [2.05, 4.69) is 39.8 Å². The summed E-state index contributed by atoms with van der Waals surface area (Å²) in [4.78, 5) is 27.5. The van der Waals surface area contributed by atoms with Crippen LogP contribution in [0.2, 0.25) is 0 Å². The van der Waals surface area contributed by atoms with Gasteiger partial charge >= 0.3 is 11.8 Å². The molecule has 6 heteroatoms. The van der Waals surface area contributed by atoms with E-state index in [-0.39, 0.29) is 12.1 Å². The van der Waals surface area contributed by atoms with E-state index in [1.807, 2.05) is 17.5 Å². The lowest BCUT2D eigenvalue weighted by Gasteiger charge is -2.30. The van der Waals surface area contributed by atoms with Crippen molar-refractivity contribution in [3.05, 3.63) is 52.2 Å². The van der Waals surface area contributed by atoms with Crippen LogP contribution >= 0.6 is 11.3 Å². The first-order valence-corrected chi connectivity index (χ1v) is 9.57. The van der Waals surface area contributed by atoms with Gasteiger partial charge in [0, 0.05) is 29.7 Å². The van der Waals surface area contributed by atoms with Gasteiger partial charge in [-0.1, -0.05) is 24.3 Å². The standard InChI is InChI=1S/C19H21N3O2S/c23-18(19(24)21-14-7-8-14)20-12-16(17-6-3-11-25-17)22-10-9-13-4-1-2-5-15(13)22/h1-6,11,14,16H,7-10,12H2,(H,20,23)(H,21,24). The van der Waals surface area contributed by atoms with Crippen molar-refractivity contribution in [2.24, 2.45) is 0 Å². The molecular formula is C19H21N3O2S. The molecule has 0 saturated heterocycles. The number of rotatable bonds is 5. The minimum Gasteiger partial charge on any atom is -0.361 e. The maximum atomic E-state index is 12.1. The van der Waals surface area contributed by atoms with Crippen molar-refractivity contribution in [2.45, 2.75) is 31.3 Å². The second-order valence-corrected chi connectivity index (χ2v) is 7.54. The van der Waals surface area contributed by atoms with Crippen molar-refractivity contribution < 1.29 is 9.59 Å². The van der Waals surface area contributed by atoms with Crippen molar-refractivity contribution in [1.29, 1.82) is 0 Å². The smallest absolute Gasteiger partial charge is 0.309 e. The Kier molecular flexibility index (Phi) is 4.44. The van der Waals surface area contributed by atoms with Gasteiger partial charge in [-0.15, -0.1) is 11.3 Å². The van der Waals surface area contributed by atoms with Gasteiger partial charge in [-0.2, -0.15) is 0 Å². The van der Waals surface area contributed by atoms with E-state index in [4.69, 9.17) is 0 Å². The highest BCUT2D eigenvalue weighted by Crippen LogP contribution is 2.36. The largest absolute Gasteiger partial charge is 0.361 e. The number of amides is 2. The Labute approximate surface area is 151 Å². The van der Waals surface area contributed by atoms with Crippen LogP contribution in [0.4, 0.5) is 5.69 Å². The summed E-state index contributed by atoms with van der Waals surface area (Å²) in [6.45, 7) is 1.35. The molecule has 2 aromatic rings. The third kappa shape index (κ3) is 3.54. The number of hydrogen-bond acceptors (Lipinski definition) is 4. The number of carbonyl (C=O) groups excluding carboxylic acids is 2. The lowest BCUT2D eigenvalue weighted by molar-refractivity contribution is -0.139. The highest BCUT2D eigenvalue weighted by atomic mass is 32.1. The van der Waals surface area contributed by atoms with Crippen LogP contribution in [0.3, 0.4) is 0 Å². The van der Waals surface area contributed by atoms with Crippen molar-refractivity contribution >= 4 is 28.8 Å². The average molecular weight is 355 g/mol. The first-order chi connectivity index (χ1) is 12.2. The van der Waals surface area contributed by atoms with E-state index in [1.54, 1.807) is 11.3 Å². The zero-order valence-electron chi connectivity index (χ0n) is 13.9. The van der Waals surface area contributed by atoms with Crippen molar-refractivity contribution in [2.75, 3.05) is 18.0 Å². The molecule has 2 aliphatic rings. The monoisotopic (exact) mass is 355 g/mol. The highest BCUT2D eigenvalue weighted by molar-refractivity contribution is 7.10. The molecule has 4 rings (SSSR count). The summed E-state index contributed by atoms with van der Waals surface area (Å²) in [5.74, 6) is -1.06. The molecule has 130 valence electrons. The molecule has 1 aromatic carbocycles. The number of nitrogens with one attached hydrogen (secondary N) is 2. The van der Waals surface area contributed by atoms with E-state index in [0.29, 0.717) is 6.54 Å². The number of para-hydroxylation sites is 1. The molecular weight excluding hydrogens is 334 g/mol. The lowest BCUT2D eigenvalue weighted by atomic mass is 10.1. The van der Waals surface area contributed by atoms with Gasteiger partial charge in [-0.05, 0) is 42.3 Å². The van der Waals surface area contributed by atoms with Crippen molar-refractivity contribution in [3.63, 3.8) is 0 Å². The predicted molar refractivity (Wildman–Crippen MR) is 98.7 cm³/mol. The van der Waals surface area contributed by atoms with E-state index in [0.717, 1.165) is 25.8 Å². The molecule has 1 aliphatic heterocycles. The number of fused-ring (bicyclic) bond motifs is 1. The SMILES string of the molecule is O=C(NCC(c1cccs1)N1CCc2ccccc21)C(=O)NC1CC1. The Morgan fingerprint density at radius 1 is 1.16 bits per heavy atom. The Bertz CT molecular complexity index is 771. The number of anilines is 1. The summed E-state index contributed by atoms with van der Waals surface area (Å²) < 4.78 is 0. The highest BCUT2D eigenvalue weighted by Gasteiger charge is 2.30. The molecule has 1 atom stereocenters. The fourth-order valence-corrected chi connectivity index (χ4v) is 4.12. The quantitative estimate of drug-likeness (QED) is 0.809. The van der Waals surface area contributed by atoms with Gasteiger partial charge in [-0.25, -0.2) is 0 Å². The molecule has 5 nitrogen and oxygen atoms in total. The third-order valence-electron chi connectivity index (χ3n) is 4.75. The maximum absolute atomic E-state index is 12.1. The number of hydrogen-bond donors (Lipinski definition) is 2. The topological polar surface area (TPSA) is 61.4 Å². The lowest BCUT2D eigenvalue weighted by Crippen LogP contribution is -2.44. The van der Waals surface area contributed by atoms with Crippen LogP contribution in [0.15, 0.2) is 41.8 Å². The summed E-state index contributed by atoms with van der Waals surface area (Å²) in [7, 11) is 0. The molecule has 1 aromatic heterocycles. The summed E-state index contributed by atoms with van der Waals surface area (Å²) in [6, 6.07) is 12.7. The average Bonchev–Trinajstić information content (AvgIpc) is 3.12. The third-order valence-corrected chi connectivity index (χ3v) is 5.72. The Balaban J connectivity index is 1.48. The molecule has 1 fully saturated rings. The summed E-state index contributed by atoms with van der Waals surface area (Å²) in [5.41, 5.74) is 2.56. The number of carbonyl (C=O) groups is 2. The normalized spacial score (nSPS) is 17.0. The van der Waals surface area contributed by atoms with Gasteiger partial charge < -0.3 is 15.5 Å². The van der Waals surface area contributed by atoms with Gasteiger partial charge in [0.25, 0.3) is 0 Å². The second kappa shape index (κ2) is 6.88. The van der Waals surface area contributed by atoms with Crippen molar-refractivity contribution in [1.82, 2.24) is 10.6 Å². The Morgan fingerprint density at radius 3 is 2.76 bits per heavy atom. The van der Waals surface area contributed by atoms with Crippen LogP contribution in [0.5, 0.6) is 0 Å². The first kappa shape index (κ1) is 16.1. The minimum atomic E-state index is -0.541. The van der Waals surface area contributed by atoms with Crippen LogP contribution in [-0.4, -0.2) is 30.9 Å². The molecule has 0 radical (unpaired) electrons. The molecule has 2 amide bonds. The molecule has 0 spiro atoms. The van der Waals surface area contributed by atoms with Gasteiger partial charge in [0.15, 0.2) is 0 Å². The zero-order valence-corrected chi connectivity index (χ0v) is 14.7. The summed E-state index contributed by atoms with van der Waals surface area (Å²) in [6.07, 6.45) is 2.96. The molecule has 25 heavy (non-hydrogen) atoms. The van der Waals surface area contributed by atoms with Crippen molar-refractivity contribution in [3.8, 4) is 0 Å². The summed E-state index contributed by atoms with van der Waals surface area (Å²) >= 11 is 1.68. The Hall–Kier alpha value is -2.34. The number of thiophene rings is 1. The molecule has 2 heterocycles. The molecule has 2 N–H and O–H groups in total. The van der Waals surface area contributed by atoms with Gasteiger partial charge in [-0.3, -0.25) is 9.59 Å². The second-order valence-electron chi connectivity index (χ2n) is 6.56. The van der Waals surface area contributed by atoms with Gasteiger partial charge in [0.05, 0.1) is 6.04 Å². The fourth-order valence-electron chi connectivity index (χ4n) is 3.28. The number of benzene rings is 1. The summed E-state index contributed by atoms with van der Waals surface area (Å²) in [5, 5.41) is 7.61. The minimum absolute atomic E-state index is 0.0429. The molecule has 1 aliphatic carbocycles. The van der Waals surface area contributed by atoms with E-state index in [9.17, 15) is 9.59 Å². The van der Waals surface area contributed by atoms with Crippen LogP contribution in [0.25, 0.3) is 0 Å². The van der Waals surface area contributed by atoms with E-state index in [1.165, 1.54) is 16.1 Å². The predicted octanol–water partition coefficient (Wildman–Crippen LogP) is 2.25. The van der Waals surface area contributed by atoms with Crippen LogP contribution < -0.4 is 15.5 Å². The van der Waals surface area contributed by atoms with E-state index >= 15 is 0 Å². The first-order valence-electron chi connectivity index (χ1n) is 8.69. The van der Waals surface area contributed by atoms with Crippen LogP contribution in [0, 0.1) is 0 Å². The van der Waals surface area contributed by atoms with Gasteiger partial charge in [0.1, 0.15) is 0 Å². The van der Waals surface area contributed by atoms with Crippen LogP contribution in [0.1, 0.15) is 29.3 Å². The Morgan fingerprint density at radius 2 is 2.00 bits per heavy atom. The zero-order chi connectivity index (χ0) is 17.2. The molecule has 1 unspecified atom stereocenters. The van der Waals surface area contributed by atoms with Gasteiger partial charge in [0.2, 0.25) is 0 Å². The van der Waals surface area contributed by atoms with Crippen LogP contribution in [-0.2, 0) is 16.0 Å². The molecule has 1 saturated carbocycles.